The molecule has 0 aromatic heterocycles. The zero-order valence-electron chi connectivity index (χ0n) is 12.3. The molecule has 20 heavy (non-hydrogen) atoms. The molecule has 0 aliphatic carbocycles. The summed E-state index contributed by atoms with van der Waals surface area (Å²) in [4.78, 5) is 11.2. The summed E-state index contributed by atoms with van der Waals surface area (Å²) in [6.45, 7) is 6.71. The largest absolute Gasteiger partial charge is 0.493 e. The standard InChI is InChI=1S/C17H24O3/c1-3-10-15-11-7-8-12-16(15)20-14-9-5-6-13-17(18)19-4-2/h3,7-8,11-12H,1,4-6,9-10,13-14H2,2H3. The fourth-order valence-corrected chi connectivity index (χ4v) is 1.93. The van der Waals surface area contributed by atoms with Gasteiger partial charge >= 0.3 is 5.97 Å². The zero-order chi connectivity index (χ0) is 14.6. The summed E-state index contributed by atoms with van der Waals surface area (Å²) < 4.78 is 10.7. The van der Waals surface area contributed by atoms with E-state index in [0.29, 0.717) is 19.6 Å². The molecule has 0 radical (unpaired) electrons. The predicted molar refractivity (Wildman–Crippen MR) is 80.9 cm³/mol. The van der Waals surface area contributed by atoms with Crippen LogP contribution >= 0.6 is 0 Å². The number of esters is 1. The quantitative estimate of drug-likeness (QED) is 0.369. The van der Waals surface area contributed by atoms with Gasteiger partial charge < -0.3 is 9.47 Å². The highest BCUT2D eigenvalue weighted by atomic mass is 16.5. The van der Waals surface area contributed by atoms with Crippen LogP contribution in [0.1, 0.15) is 38.2 Å². The van der Waals surface area contributed by atoms with E-state index in [1.165, 1.54) is 0 Å². The van der Waals surface area contributed by atoms with Crippen LogP contribution in [0.2, 0.25) is 0 Å². The van der Waals surface area contributed by atoms with E-state index in [1.807, 2.05) is 31.2 Å². The SMILES string of the molecule is C=CCc1ccccc1OCCCCCC(=O)OCC. The van der Waals surface area contributed by atoms with Crippen molar-refractivity contribution in [2.24, 2.45) is 0 Å². The van der Waals surface area contributed by atoms with Crippen molar-refractivity contribution in [2.45, 2.75) is 39.0 Å². The van der Waals surface area contributed by atoms with E-state index < -0.39 is 0 Å². The minimum atomic E-state index is -0.107. The number of hydrogen-bond donors (Lipinski definition) is 0. The van der Waals surface area contributed by atoms with Gasteiger partial charge in [0, 0.05) is 6.42 Å². The lowest BCUT2D eigenvalue weighted by atomic mass is 10.1. The zero-order valence-corrected chi connectivity index (χ0v) is 12.3. The normalized spacial score (nSPS) is 10.1. The van der Waals surface area contributed by atoms with Crippen LogP contribution in [0.3, 0.4) is 0 Å². The van der Waals surface area contributed by atoms with E-state index >= 15 is 0 Å². The van der Waals surface area contributed by atoms with E-state index in [-0.39, 0.29) is 5.97 Å². The van der Waals surface area contributed by atoms with Gasteiger partial charge in [0.1, 0.15) is 5.75 Å². The lowest BCUT2D eigenvalue weighted by Crippen LogP contribution is -2.04. The van der Waals surface area contributed by atoms with Gasteiger partial charge in [0.25, 0.3) is 0 Å². The van der Waals surface area contributed by atoms with Crippen molar-refractivity contribution in [3.05, 3.63) is 42.5 Å². The van der Waals surface area contributed by atoms with Gasteiger partial charge in [-0.05, 0) is 44.2 Å². The Morgan fingerprint density at radius 2 is 2.05 bits per heavy atom. The number of unbranched alkanes of at least 4 members (excludes halogenated alkanes) is 2. The van der Waals surface area contributed by atoms with Crippen LogP contribution in [0.5, 0.6) is 5.75 Å². The summed E-state index contributed by atoms with van der Waals surface area (Å²) in [6, 6.07) is 8.02. The smallest absolute Gasteiger partial charge is 0.305 e. The van der Waals surface area contributed by atoms with E-state index in [1.54, 1.807) is 0 Å². The molecule has 1 aromatic carbocycles. The number of rotatable bonds is 10. The average Bonchev–Trinajstić information content (AvgIpc) is 2.45. The second kappa shape index (κ2) is 10.1. The minimum Gasteiger partial charge on any atom is -0.493 e. The Morgan fingerprint density at radius 3 is 2.80 bits per heavy atom. The predicted octanol–water partition coefficient (Wildman–Crippen LogP) is 3.92. The first-order chi connectivity index (χ1) is 9.77. The Kier molecular flexibility index (Phi) is 8.20. The third kappa shape index (κ3) is 6.41. The van der Waals surface area contributed by atoms with Crippen LogP contribution in [-0.4, -0.2) is 19.2 Å². The number of carbonyl (C=O) groups is 1. The van der Waals surface area contributed by atoms with Crippen LogP contribution < -0.4 is 4.74 Å². The van der Waals surface area contributed by atoms with Crippen molar-refractivity contribution < 1.29 is 14.3 Å². The van der Waals surface area contributed by atoms with Gasteiger partial charge in [-0.15, -0.1) is 6.58 Å². The minimum absolute atomic E-state index is 0.107. The highest BCUT2D eigenvalue weighted by Gasteiger charge is 2.02. The molecule has 0 saturated heterocycles. The Balaban J connectivity index is 2.18. The molecule has 0 atom stereocenters. The summed E-state index contributed by atoms with van der Waals surface area (Å²) in [5.74, 6) is 0.822. The van der Waals surface area contributed by atoms with Crippen LogP contribution in [0.25, 0.3) is 0 Å². The Labute approximate surface area is 121 Å². The highest BCUT2D eigenvalue weighted by Crippen LogP contribution is 2.19. The maximum atomic E-state index is 11.2. The number of allylic oxidation sites excluding steroid dienone is 1. The summed E-state index contributed by atoms with van der Waals surface area (Å²) in [5, 5.41) is 0. The second-order valence-corrected chi connectivity index (χ2v) is 4.56. The molecule has 0 N–H and O–H groups in total. The van der Waals surface area contributed by atoms with E-state index in [0.717, 1.165) is 37.0 Å². The molecule has 0 fully saturated rings. The number of ether oxygens (including phenoxy) is 2. The number of hydrogen-bond acceptors (Lipinski definition) is 3. The lowest BCUT2D eigenvalue weighted by Gasteiger charge is -2.10. The molecule has 0 unspecified atom stereocenters. The van der Waals surface area contributed by atoms with Gasteiger partial charge in [-0.3, -0.25) is 4.79 Å². The van der Waals surface area contributed by atoms with Crippen LogP contribution in [-0.2, 0) is 16.0 Å². The fraction of sp³-hybridized carbons (Fsp3) is 0.471. The third-order valence-corrected chi connectivity index (χ3v) is 2.92. The van der Waals surface area contributed by atoms with Crippen molar-refractivity contribution in [1.29, 1.82) is 0 Å². The molecule has 3 nitrogen and oxygen atoms in total. The average molecular weight is 276 g/mol. The third-order valence-electron chi connectivity index (χ3n) is 2.92. The van der Waals surface area contributed by atoms with Crippen LogP contribution in [0.4, 0.5) is 0 Å². The van der Waals surface area contributed by atoms with Gasteiger partial charge in [0.2, 0.25) is 0 Å². The molecule has 0 bridgehead atoms. The Hall–Kier alpha value is -1.77. The first-order valence-corrected chi connectivity index (χ1v) is 7.25. The molecular formula is C17H24O3. The molecule has 1 rings (SSSR count). The van der Waals surface area contributed by atoms with E-state index in [2.05, 4.69) is 12.6 Å². The maximum Gasteiger partial charge on any atom is 0.305 e. The molecule has 3 heteroatoms. The molecule has 1 aromatic rings. The number of carbonyl (C=O) groups excluding carboxylic acids is 1. The number of para-hydroxylation sites is 1. The van der Waals surface area contributed by atoms with Gasteiger partial charge in [0.15, 0.2) is 0 Å². The van der Waals surface area contributed by atoms with Crippen molar-refractivity contribution in [3.8, 4) is 5.75 Å². The van der Waals surface area contributed by atoms with Gasteiger partial charge in [-0.1, -0.05) is 24.3 Å². The Morgan fingerprint density at radius 1 is 1.25 bits per heavy atom. The monoisotopic (exact) mass is 276 g/mol. The van der Waals surface area contributed by atoms with Gasteiger partial charge in [-0.2, -0.15) is 0 Å². The molecule has 0 aliphatic rings. The first kappa shape index (κ1) is 16.3. The second-order valence-electron chi connectivity index (χ2n) is 4.56. The van der Waals surface area contributed by atoms with Crippen LogP contribution in [0.15, 0.2) is 36.9 Å². The molecule has 0 heterocycles. The lowest BCUT2D eigenvalue weighted by molar-refractivity contribution is -0.143. The summed E-state index contributed by atoms with van der Waals surface area (Å²) in [5.41, 5.74) is 1.16. The summed E-state index contributed by atoms with van der Waals surface area (Å²) >= 11 is 0. The fourth-order valence-electron chi connectivity index (χ4n) is 1.93. The molecular weight excluding hydrogens is 252 g/mol. The number of benzene rings is 1. The van der Waals surface area contributed by atoms with Gasteiger partial charge in [0.05, 0.1) is 13.2 Å². The molecule has 0 spiro atoms. The first-order valence-electron chi connectivity index (χ1n) is 7.25. The van der Waals surface area contributed by atoms with Crippen molar-refractivity contribution >= 4 is 5.97 Å². The maximum absolute atomic E-state index is 11.2. The van der Waals surface area contributed by atoms with E-state index in [4.69, 9.17) is 9.47 Å². The van der Waals surface area contributed by atoms with Crippen molar-refractivity contribution in [1.82, 2.24) is 0 Å². The molecule has 0 aliphatic heterocycles. The summed E-state index contributed by atoms with van der Waals surface area (Å²) in [7, 11) is 0. The molecule has 0 saturated carbocycles. The van der Waals surface area contributed by atoms with Crippen molar-refractivity contribution in [3.63, 3.8) is 0 Å². The van der Waals surface area contributed by atoms with Crippen LogP contribution in [0, 0.1) is 0 Å². The Bertz CT molecular complexity index is 412. The van der Waals surface area contributed by atoms with Gasteiger partial charge in [-0.25, -0.2) is 0 Å². The van der Waals surface area contributed by atoms with E-state index in [9.17, 15) is 4.79 Å². The van der Waals surface area contributed by atoms with Crippen molar-refractivity contribution in [2.75, 3.05) is 13.2 Å². The molecule has 0 amide bonds. The topological polar surface area (TPSA) is 35.5 Å². The molecule has 110 valence electrons. The highest BCUT2D eigenvalue weighted by molar-refractivity contribution is 5.69. The summed E-state index contributed by atoms with van der Waals surface area (Å²) in [6.07, 6.45) is 5.97.